The molecule has 43 heavy (non-hydrogen) atoms. The smallest absolute Gasteiger partial charge is 0.345 e. The Hall–Kier alpha value is -3.86. The predicted octanol–water partition coefficient (Wildman–Crippen LogP) is 7.17. The van der Waals surface area contributed by atoms with Gasteiger partial charge < -0.3 is 19.3 Å². The minimum absolute atomic E-state index is 0.0102. The summed E-state index contributed by atoms with van der Waals surface area (Å²) in [6.45, 7) is 6.33. The van der Waals surface area contributed by atoms with Crippen molar-refractivity contribution in [3.05, 3.63) is 63.6 Å². The molecule has 8 nitrogen and oxygen atoms in total. The average Bonchev–Trinajstić information content (AvgIpc) is 3.69. The van der Waals surface area contributed by atoms with Crippen LogP contribution in [0, 0.1) is 13.8 Å². The molecule has 5 heterocycles. The van der Waals surface area contributed by atoms with E-state index >= 15 is 0 Å². The number of benzene rings is 1. The third-order valence-corrected chi connectivity index (χ3v) is 10.5. The van der Waals surface area contributed by atoms with Gasteiger partial charge in [0.25, 0.3) is 0 Å². The number of carboxylic acid groups (broad SMARTS) is 1. The van der Waals surface area contributed by atoms with E-state index < -0.39 is 5.97 Å². The molecule has 0 bridgehead atoms. The second-order valence-corrected chi connectivity index (χ2v) is 13.4. The lowest BCUT2D eigenvalue weighted by Crippen LogP contribution is -2.42. The van der Waals surface area contributed by atoms with Crippen LogP contribution >= 0.6 is 22.7 Å². The van der Waals surface area contributed by atoms with E-state index in [2.05, 4.69) is 35.3 Å². The van der Waals surface area contributed by atoms with Crippen LogP contribution in [0.3, 0.4) is 0 Å². The molecule has 1 saturated heterocycles. The first-order valence-corrected chi connectivity index (χ1v) is 16.3. The second-order valence-electron chi connectivity index (χ2n) is 11.2. The topological polar surface area (TPSA) is 97.5 Å². The average molecular weight is 613 g/mol. The molecule has 1 aliphatic heterocycles. The van der Waals surface area contributed by atoms with Crippen molar-refractivity contribution >= 4 is 61.2 Å². The molecule has 7 rings (SSSR count). The van der Waals surface area contributed by atoms with Crippen LogP contribution in [-0.4, -0.2) is 62.7 Å². The number of rotatable bonds is 6. The van der Waals surface area contributed by atoms with Crippen molar-refractivity contribution < 1.29 is 19.4 Å². The molecule has 4 aromatic heterocycles. The Morgan fingerprint density at radius 3 is 2.58 bits per heavy atom. The van der Waals surface area contributed by atoms with Crippen molar-refractivity contribution in [1.29, 1.82) is 0 Å². The lowest BCUT2D eigenvalue weighted by Gasteiger charge is -2.27. The summed E-state index contributed by atoms with van der Waals surface area (Å²) in [4.78, 5) is 38.5. The van der Waals surface area contributed by atoms with Gasteiger partial charge in [-0.2, -0.15) is 0 Å². The van der Waals surface area contributed by atoms with Crippen molar-refractivity contribution in [3.63, 3.8) is 0 Å². The number of ether oxygens (including phenoxy) is 1. The van der Waals surface area contributed by atoms with E-state index in [1.54, 1.807) is 17.4 Å². The number of carbonyl (C=O) groups is 2. The minimum atomic E-state index is -0.948. The number of nitrogens with zero attached hydrogens (tertiary/aromatic N) is 4. The number of hydrogen-bond donors (Lipinski definition) is 1. The minimum Gasteiger partial charge on any atom is -0.477 e. The number of aromatic carboxylic acids is 1. The molecule has 0 unspecified atom stereocenters. The summed E-state index contributed by atoms with van der Waals surface area (Å²) in [6, 6.07) is 12.2. The summed E-state index contributed by atoms with van der Waals surface area (Å²) in [6.07, 6.45) is 6.45. The standard InChI is InChI=1S/C33H32N4O4S2/c1-19-31(42-20(2)34-19)25-11-8-22-16-23(9-10-24(22)35-25)30-29(21-6-4-3-5-7-21)32-26(17-27(43-32)33(39)40)37(30)18-28(38)36-12-14-41-15-13-36/h6,8-11,16-17H,3-5,7,12-15,18H2,1-2H3,(H,39,40). The molecule has 1 N–H and O–H groups in total. The molecule has 0 atom stereocenters. The van der Waals surface area contributed by atoms with Gasteiger partial charge in [-0.3, -0.25) is 4.79 Å². The Balaban J connectivity index is 1.40. The van der Waals surface area contributed by atoms with Crippen molar-refractivity contribution in [2.24, 2.45) is 0 Å². The van der Waals surface area contributed by atoms with Gasteiger partial charge in [0.05, 0.1) is 55.9 Å². The summed E-state index contributed by atoms with van der Waals surface area (Å²) in [5.41, 5.74) is 7.83. The highest BCUT2D eigenvalue weighted by molar-refractivity contribution is 7.21. The molecule has 0 spiro atoms. The van der Waals surface area contributed by atoms with Gasteiger partial charge in [0.2, 0.25) is 5.91 Å². The number of carbonyl (C=O) groups excluding carboxylic acids is 1. The number of amides is 1. The molecule has 0 saturated carbocycles. The van der Waals surface area contributed by atoms with Crippen LogP contribution in [0.25, 0.3) is 48.5 Å². The molecule has 1 aromatic carbocycles. The van der Waals surface area contributed by atoms with E-state index in [0.29, 0.717) is 26.3 Å². The molecule has 1 aliphatic carbocycles. The Morgan fingerprint density at radius 2 is 1.86 bits per heavy atom. The fourth-order valence-electron chi connectivity index (χ4n) is 6.27. The van der Waals surface area contributed by atoms with E-state index in [-0.39, 0.29) is 17.3 Å². The van der Waals surface area contributed by atoms with E-state index in [0.717, 1.165) is 84.9 Å². The summed E-state index contributed by atoms with van der Waals surface area (Å²) in [7, 11) is 0. The van der Waals surface area contributed by atoms with Gasteiger partial charge in [-0.25, -0.2) is 14.8 Å². The SMILES string of the molecule is Cc1nc(C)c(-c2ccc3cc(-c4c(C5=CCCCC5)c5sc(C(=O)O)cc5n4CC(=O)N4CCOCC4)ccc3n2)s1. The lowest BCUT2D eigenvalue weighted by molar-refractivity contribution is -0.135. The first kappa shape index (κ1) is 27.9. The van der Waals surface area contributed by atoms with Crippen LogP contribution in [0.2, 0.25) is 0 Å². The number of pyridine rings is 1. The zero-order valence-electron chi connectivity index (χ0n) is 24.2. The van der Waals surface area contributed by atoms with Crippen LogP contribution in [-0.2, 0) is 16.1 Å². The van der Waals surface area contributed by atoms with Crippen molar-refractivity contribution in [2.45, 2.75) is 46.1 Å². The van der Waals surface area contributed by atoms with Crippen molar-refractivity contribution in [2.75, 3.05) is 26.3 Å². The number of thiazole rings is 1. The van der Waals surface area contributed by atoms with Crippen LogP contribution in [0.15, 0.2) is 42.5 Å². The summed E-state index contributed by atoms with van der Waals surface area (Å²) < 4.78 is 8.46. The first-order chi connectivity index (χ1) is 20.9. The molecule has 1 amide bonds. The van der Waals surface area contributed by atoms with Gasteiger partial charge in [-0.05, 0) is 74.9 Å². The third-order valence-electron chi connectivity index (χ3n) is 8.32. The highest BCUT2D eigenvalue weighted by atomic mass is 32.1. The van der Waals surface area contributed by atoms with Crippen LogP contribution in [0.1, 0.15) is 51.6 Å². The number of carboxylic acids is 1. The van der Waals surface area contributed by atoms with Gasteiger partial charge >= 0.3 is 5.97 Å². The molecule has 0 radical (unpaired) electrons. The van der Waals surface area contributed by atoms with Crippen molar-refractivity contribution in [3.8, 4) is 21.8 Å². The van der Waals surface area contributed by atoms with E-state index in [1.165, 1.54) is 16.9 Å². The number of aryl methyl sites for hydroxylation is 2. The van der Waals surface area contributed by atoms with E-state index in [9.17, 15) is 14.7 Å². The zero-order valence-corrected chi connectivity index (χ0v) is 25.8. The Kier molecular flexibility index (Phi) is 7.36. The number of allylic oxidation sites excluding steroid dienone is 2. The van der Waals surface area contributed by atoms with Crippen LogP contribution in [0.4, 0.5) is 0 Å². The Labute approximate surface area is 257 Å². The monoisotopic (exact) mass is 612 g/mol. The second kappa shape index (κ2) is 11.3. The largest absolute Gasteiger partial charge is 0.477 e. The van der Waals surface area contributed by atoms with E-state index in [4.69, 9.17) is 9.72 Å². The fourth-order valence-corrected chi connectivity index (χ4v) is 8.24. The maximum atomic E-state index is 13.6. The number of hydrogen-bond acceptors (Lipinski definition) is 7. The summed E-state index contributed by atoms with van der Waals surface area (Å²) in [5, 5.41) is 11.9. The molecular weight excluding hydrogens is 581 g/mol. The van der Waals surface area contributed by atoms with Crippen molar-refractivity contribution in [1.82, 2.24) is 19.4 Å². The summed E-state index contributed by atoms with van der Waals surface area (Å²) >= 11 is 2.95. The number of aromatic nitrogens is 3. The number of morpholine rings is 1. The van der Waals surface area contributed by atoms with Crippen LogP contribution < -0.4 is 0 Å². The van der Waals surface area contributed by atoms with E-state index in [1.807, 2.05) is 29.4 Å². The number of fused-ring (bicyclic) bond motifs is 2. The molecule has 1 fully saturated rings. The maximum Gasteiger partial charge on any atom is 0.345 e. The highest BCUT2D eigenvalue weighted by Gasteiger charge is 2.28. The zero-order chi connectivity index (χ0) is 29.7. The first-order valence-electron chi connectivity index (χ1n) is 14.7. The predicted molar refractivity (Wildman–Crippen MR) is 172 cm³/mol. The quantitative estimate of drug-likeness (QED) is 0.218. The number of thiophene rings is 1. The fraction of sp³-hybridized carbons (Fsp3) is 0.333. The van der Waals surface area contributed by atoms with Crippen LogP contribution in [0.5, 0.6) is 0 Å². The van der Waals surface area contributed by atoms with Gasteiger partial charge in [0.15, 0.2) is 0 Å². The molecule has 10 heteroatoms. The molecule has 2 aliphatic rings. The molecular formula is C33H32N4O4S2. The highest BCUT2D eigenvalue weighted by Crippen LogP contribution is 2.45. The summed E-state index contributed by atoms with van der Waals surface area (Å²) in [5.74, 6) is -0.938. The normalized spacial score (nSPS) is 15.8. The molecule has 220 valence electrons. The van der Waals surface area contributed by atoms with Gasteiger partial charge in [-0.1, -0.05) is 18.2 Å². The third kappa shape index (κ3) is 5.17. The molecule has 5 aromatic rings. The Morgan fingerprint density at radius 1 is 1.02 bits per heavy atom. The maximum absolute atomic E-state index is 13.6. The van der Waals surface area contributed by atoms with Gasteiger partial charge in [0, 0.05) is 24.0 Å². The van der Waals surface area contributed by atoms with Gasteiger partial charge in [-0.15, -0.1) is 22.7 Å². The van der Waals surface area contributed by atoms with Gasteiger partial charge in [0.1, 0.15) is 11.4 Å². The Bertz CT molecular complexity index is 1930. The lowest BCUT2D eigenvalue weighted by atomic mass is 9.91.